The number of nitrogens with one attached hydrogen (secondary N) is 2. The lowest BCUT2D eigenvalue weighted by Crippen LogP contribution is -2.35. The van der Waals surface area contributed by atoms with E-state index in [-0.39, 0.29) is 43.2 Å². The number of aromatic nitrogens is 1. The highest BCUT2D eigenvalue weighted by Gasteiger charge is 2.50. The Morgan fingerprint density at radius 1 is 1.24 bits per heavy atom. The number of fused-ring (bicyclic) bond motifs is 3. The van der Waals surface area contributed by atoms with E-state index in [4.69, 9.17) is 5.73 Å². The highest BCUT2D eigenvalue weighted by atomic mass is 35.5. The molecule has 0 saturated carbocycles. The number of rotatable bonds is 2. The first-order valence-corrected chi connectivity index (χ1v) is 7.51. The molecule has 0 saturated heterocycles. The number of anilines is 2. The van der Waals surface area contributed by atoms with Crippen molar-refractivity contribution in [3.05, 3.63) is 53.2 Å². The molecule has 25 heavy (non-hydrogen) atoms. The van der Waals surface area contributed by atoms with Crippen LogP contribution in [0.2, 0.25) is 0 Å². The second-order valence-electron chi connectivity index (χ2n) is 6.03. The van der Waals surface area contributed by atoms with Crippen molar-refractivity contribution in [2.75, 3.05) is 17.2 Å². The number of halogens is 2. The van der Waals surface area contributed by atoms with Gasteiger partial charge in [0.1, 0.15) is 5.82 Å². The Morgan fingerprint density at radius 2 is 2.00 bits per heavy atom. The molecule has 1 aliphatic carbocycles. The van der Waals surface area contributed by atoms with Crippen molar-refractivity contribution in [3.8, 4) is 0 Å². The predicted octanol–water partition coefficient (Wildman–Crippen LogP) is 1.81. The number of hydrogen-bond acceptors (Lipinski definition) is 4. The van der Waals surface area contributed by atoms with Crippen molar-refractivity contribution in [1.82, 2.24) is 4.98 Å². The zero-order valence-corrected chi connectivity index (χ0v) is 14.9. The zero-order valence-electron chi connectivity index (χ0n) is 13.2. The number of nitrogens with zero attached hydrogens (tertiary/aromatic N) is 1. The van der Waals surface area contributed by atoms with Crippen LogP contribution in [-0.4, -0.2) is 23.3 Å². The quantitative estimate of drug-likeness (QED) is 0.739. The molecule has 0 fully saturated rings. The van der Waals surface area contributed by atoms with Gasteiger partial charge >= 0.3 is 0 Å². The van der Waals surface area contributed by atoms with E-state index in [0.717, 1.165) is 16.7 Å². The van der Waals surface area contributed by atoms with E-state index in [2.05, 4.69) is 15.6 Å². The number of pyridine rings is 1. The van der Waals surface area contributed by atoms with Gasteiger partial charge in [-0.15, -0.1) is 24.8 Å². The summed E-state index contributed by atoms with van der Waals surface area (Å²) < 4.78 is 0. The van der Waals surface area contributed by atoms with E-state index < -0.39 is 5.41 Å². The number of carbonyl (C=O) groups excluding carboxylic acids is 2. The maximum atomic E-state index is 12.6. The molecular formula is C17H18Cl2N4O2. The summed E-state index contributed by atoms with van der Waals surface area (Å²) in [4.78, 5) is 28.3. The van der Waals surface area contributed by atoms with Crippen molar-refractivity contribution in [2.24, 2.45) is 5.73 Å². The zero-order chi connectivity index (χ0) is 16.0. The largest absolute Gasteiger partial charge is 0.325 e. The normalized spacial score (nSPS) is 19.3. The summed E-state index contributed by atoms with van der Waals surface area (Å²) >= 11 is 0. The van der Waals surface area contributed by atoms with Gasteiger partial charge in [-0.3, -0.25) is 9.59 Å². The van der Waals surface area contributed by atoms with Gasteiger partial charge in [0.25, 0.3) is 0 Å². The number of hydrogen-bond donors (Lipinski definition) is 3. The van der Waals surface area contributed by atoms with Crippen molar-refractivity contribution < 1.29 is 9.59 Å². The van der Waals surface area contributed by atoms with Crippen LogP contribution in [-0.2, 0) is 27.8 Å². The van der Waals surface area contributed by atoms with E-state index in [0.29, 0.717) is 24.3 Å². The summed E-state index contributed by atoms with van der Waals surface area (Å²) in [6.07, 6.45) is 2.94. The fourth-order valence-electron chi connectivity index (χ4n) is 3.56. The molecule has 2 amide bonds. The molecular weight excluding hydrogens is 363 g/mol. The van der Waals surface area contributed by atoms with Gasteiger partial charge in [-0.05, 0) is 42.2 Å². The highest BCUT2D eigenvalue weighted by Crippen LogP contribution is 2.46. The van der Waals surface area contributed by atoms with Crippen LogP contribution in [0.1, 0.15) is 16.7 Å². The fraction of sp³-hybridized carbons (Fsp3) is 0.235. The van der Waals surface area contributed by atoms with Crippen molar-refractivity contribution >= 4 is 48.1 Å². The van der Waals surface area contributed by atoms with Gasteiger partial charge in [-0.25, -0.2) is 4.98 Å². The summed E-state index contributed by atoms with van der Waals surface area (Å²) in [5, 5.41) is 5.64. The number of amides is 2. The highest BCUT2D eigenvalue weighted by molar-refractivity contribution is 6.06. The van der Waals surface area contributed by atoms with E-state index >= 15 is 0 Å². The lowest BCUT2D eigenvalue weighted by molar-refractivity contribution is -0.120. The number of nitrogens with two attached hydrogens (primary N) is 1. The number of benzene rings is 1. The van der Waals surface area contributed by atoms with Crippen molar-refractivity contribution in [2.45, 2.75) is 18.3 Å². The lowest BCUT2D eigenvalue weighted by atomic mass is 9.79. The van der Waals surface area contributed by atoms with Crippen LogP contribution in [0, 0.1) is 0 Å². The van der Waals surface area contributed by atoms with E-state index in [1.807, 2.05) is 30.3 Å². The summed E-state index contributed by atoms with van der Waals surface area (Å²) in [5.41, 5.74) is 8.61. The van der Waals surface area contributed by atoms with Gasteiger partial charge in [0.15, 0.2) is 0 Å². The third-order valence-electron chi connectivity index (χ3n) is 4.65. The monoisotopic (exact) mass is 380 g/mol. The van der Waals surface area contributed by atoms with Gasteiger partial charge in [-0.1, -0.05) is 12.1 Å². The predicted molar refractivity (Wildman–Crippen MR) is 101 cm³/mol. The van der Waals surface area contributed by atoms with Crippen LogP contribution < -0.4 is 16.4 Å². The summed E-state index contributed by atoms with van der Waals surface area (Å²) in [5.74, 6) is 0.419. The molecule has 0 radical (unpaired) electrons. The van der Waals surface area contributed by atoms with E-state index in [9.17, 15) is 9.59 Å². The molecule has 2 aliphatic rings. The minimum absolute atomic E-state index is 0. The molecule has 1 aromatic heterocycles. The SMILES string of the molecule is Cl.Cl.NCC(=O)Nc1ccc2c(c1)CC1(C2)C(=O)Nc2ncccc21. The second kappa shape index (κ2) is 7.00. The fourth-order valence-corrected chi connectivity index (χ4v) is 3.56. The molecule has 1 unspecified atom stereocenters. The number of carbonyl (C=O) groups is 2. The molecule has 4 rings (SSSR count). The summed E-state index contributed by atoms with van der Waals surface area (Å²) in [7, 11) is 0. The third kappa shape index (κ3) is 2.97. The molecule has 2 aromatic rings. The molecule has 6 nitrogen and oxygen atoms in total. The maximum Gasteiger partial charge on any atom is 0.238 e. The second-order valence-corrected chi connectivity index (χ2v) is 6.03. The Bertz CT molecular complexity index is 843. The molecule has 1 spiro atoms. The standard InChI is InChI=1S/C17H16N4O2.2ClH/c18-9-14(22)20-12-4-3-10-7-17(8-11(10)6-12)13-2-1-5-19-15(13)21-16(17)23;;/h1-6H,7-9,18H2,(H,20,22)(H,19,21,23);2*1H. The Kier molecular flexibility index (Phi) is 5.37. The van der Waals surface area contributed by atoms with Crippen LogP contribution in [0.5, 0.6) is 0 Å². The van der Waals surface area contributed by atoms with Crippen LogP contribution in [0.15, 0.2) is 36.5 Å². The van der Waals surface area contributed by atoms with E-state index in [1.54, 1.807) is 6.20 Å². The topological polar surface area (TPSA) is 97.1 Å². The first kappa shape index (κ1) is 19.2. The van der Waals surface area contributed by atoms with Crippen molar-refractivity contribution in [3.63, 3.8) is 0 Å². The lowest BCUT2D eigenvalue weighted by Gasteiger charge is -2.20. The van der Waals surface area contributed by atoms with Crippen LogP contribution >= 0.6 is 24.8 Å². The first-order chi connectivity index (χ1) is 11.1. The summed E-state index contributed by atoms with van der Waals surface area (Å²) in [6, 6.07) is 9.57. The van der Waals surface area contributed by atoms with E-state index in [1.165, 1.54) is 0 Å². The van der Waals surface area contributed by atoms with Crippen LogP contribution in [0.4, 0.5) is 11.5 Å². The van der Waals surface area contributed by atoms with Gasteiger partial charge in [-0.2, -0.15) is 0 Å². The molecule has 1 aromatic carbocycles. The van der Waals surface area contributed by atoms with Crippen molar-refractivity contribution in [1.29, 1.82) is 0 Å². The molecule has 4 N–H and O–H groups in total. The minimum Gasteiger partial charge on any atom is -0.325 e. The Morgan fingerprint density at radius 3 is 2.76 bits per heavy atom. The Balaban J connectivity index is 0.00000113. The Labute approximate surface area is 157 Å². The molecule has 1 atom stereocenters. The smallest absolute Gasteiger partial charge is 0.238 e. The van der Waals surface area contributed by atoms with Gasteiger partial charge in [0, 0.05) is 17.4 Å². The third-order valence-corrected chi connectivity index (χ3v) is 4.65. The minimum atomic E-state index is -0.581. The maximum absolute atomic E-state index is 12.6. The molecule has 1 aliphatic heterocycles. The molecule has 132 valence electrons. The summed E-state index contributed by atoms with van der Waals surface area (Å²) in [6.45, 7) is -0.0531. The van der Waals surface area contributed by atoms with Gasteiger partial charge < -0.3 is 16.4 Å². The average molecular weight is 381 g/mol. The first-order valence-electron chi connectivity index (χ1n) is 7.51. The molecule has 0 bridgehead atoms. The average Bonchev–Trinajstić information content (AvgIpc) is 3.06. The van der Waals surface area contributed by atoms with Crippen LogP contribution in [0.25, 0.3) is 0 Å². The van der Waals surface area contributed by atoms with Crippen LogP contribution in [0.3, 0.4) is 0 Å². The van der Waals surface area contributed by atoms with Gasteiger partial charge in [0.05, 0.1) is 12.0 Å². The molecule has 2 heterocycles. The van der Waals surface area contributed by atoms with Gasteiger partial charge in [0.2, 0.25) is 11.8 Å². The molecule has 8 heteroatoms. The Hall–Kier alpha value is -2.15.